The number of aryl methyl sites for hydroxylation is 3. The van der Waals surface area contributed by atoms with E-state index in [-0.39, 0.29) is 11.9 Å². The minimum absolute atomic E-state index is 0.0116. The largest absolute Gasteiger partial charge is 0.361 e. The zero-order valence-corrected chi connectivity index (χ0v) is 15.5. The first kappa shape index (κ1) is 17.4. The zero-order chi connectivity index (χ0) is 18.8. The Morgan fingerprint density at radius 1 is 1.33 bits per heavy atom. The third-order valence-electron chi connectivity index (χ3n) is 4.99. The smallest absolute Gasteiger partial charge is 0.224 e. The van der Waals surface area contributed by atoms with Crippen molar-refractivity contribution in [2.24, 2.45) is 0 Å². The lowest BCUT2D eigenvalue weighted by Crippen LogP contribution is -2.31. The van der Waals surface area contributed by atoms with Crippen LogP contribution in [0.1, 0.15) is 42.5 Å². The number of hydrogen-bond donors (Lipinski definition) is 0. The van der Waals surface area contributed by atoms with Gasteiger partial charge in [0.05, 0.1) is 29.3 Å². The van der Waals surface area contributed by atoms with Gasteiger partial charge in [0.2, 0.25) is 5.91 Å². The van der Waals surface area contributed by atoms with Crippen LogP contribution in [0.5, 0.6) is 0 Å². The van der Waals surface area contributed by atoms with Gasteiger partial charge in [-0.05, 0) is 32.8 Å². The van der Waals surface area contributed by atoms with E-state index in [0.29, 0.717) is 24.6 Å². The normalized spacial score (nSPS) is 16.8. The molecule has 0 saturated carbocycles. The zero-order valence-electron chi connectivity index (χ0n) is 15.5. The fourth-order valence-electron chi connectivity index (χ4n) is 3.64. The minimum Gasteiger partial charge on any atom is -0.361 e. The average molecular weight is 366 g/mol. The Labute approximate surface area is 157 Å². The second kappa shape index (κ2) is 7.30. The van der Waals surface area contributed by atoms with Crippen molar-refractivity contribution in [1.29, 1.82) is 0 Å². The Morgan fingerprint density at radius 3 is 2.96 bits per heavy atom. The van der Waals surface area contributed by atoms with E-state index in [0.717, 1.165) is 36.3 Å². The highest BCUT2D eigenvalue weighted by Gasteiger charge is 2.31. The summed E-state index contributed by atoms with van der Waals surface area (Å²) < 4.78 is 7.16. The number of nitrogens with zero attached hydrogens (tertiary/aromatic N) is 6. The Balaban J connectivity index is 1.53. The van der Waals surface area contributed by atoms with Crippen molar-refractivity contribution in [2.45, 2.75) is 45.7 Å². The summed E-state index contributed by atoms with van der Waals surface area (Å²) in [5.41, 5.74) is 2.46. The van der Waals surface area contributed by atoms with Crippen molar-refractivity contribution in [3.63, 3.8) is 0 Å². The maximum Gasteiger partial charge on any atom is 0.224 e. The standard InChI is InChI=1S/C19H22N6O2/c1-13-18(14(2)27-23-13)19-21-7-5-15(22-19)16-4-3-9-25(16)17(26)6-10-24-11-8-20-12-24/h5,7-8,11-12,16H,3-4,6,9-10H2,1-2H3. The van der Waals surface area contributed by atoms with Gasteiger partial charge in [0.25, 0.3) is 0 Å². The summed E-state index contributed by atoms with van der Waals surface area (Å²) in [6.07, 6.45) is 9.41. The van der Waals surface area contributed by atoms with Crippen LogP contribution in [-0.4, -0.2) is 42.0 Å². The molecule has 27 heavy (non-hydrogen) atoms. The van der Waals surface area contributed by atoms with E-state index < -0.39 is 0 Å². The molecule has 1 saturated heterocycles. The molecule has 1 aliphatic heterocycles. The quantitative estimate of drug-likeness (QED) is 0.690. The van der Waals surface area contributed by atoms with E-state index in [1.807, 2.05) is 35.6 Å². The fourth-order valence-corrected chi connectivity index (χ4v) is 3.64. The lowest BCUT2D eigenvalue weighted by atomic mass is 10.1. The van der Waals surface area contributed by atoms with Crippen molar-refractivity contribution in [2.75, 3.05) is 6.54 Å². The van der Waals surface area contributed by atoms with Crippen molar-refractivity contribution in [3.05, 3.63) is 48.1 Å². The number of carbonyl (C=O) groups excluding carboxylic acids is 1. The molecule has 1 aliphatic rings. The number of imidazole rings is 1. The summed E-state index contributed by atoms with van der Waals surface area (Å²) in [6, 6.07) is 1.89. The molecule has 0 spiro atoms. The molecule has 4 heterocycles. The molecule has 1 fully saturated rings. The summed E-state index contributed by atoms with van der Waals surface area (Å²) in [4.78, 5) is 27.9. The van der Waals surface area contributed by atoms with E-state index in [2.05, 4.69) is 15.1 Å². The van der Waals surface area contributed by atoms with E-state index >= 15 is 0 Å². The van der Waals surface area contributed by atoms with Crippen molar-refractivity contribution in [1.82, 2.24) is 29.6 Å². The van der Waals surface area contributed by atoms with Crippen molar-refractivity contribution in [3.8, 4) is 11.4 Å². The number of hydrogen-bond acceptors (Lipinski definition) is 6. The number of aromatic nitrogens is 5. The van der Waals surface area contributed by atoms with Crippen LogP contribution >= 0.6 is 0 Å². The van der Waals surface area contributed by atoms with Gasteiger partial charge in [-0.1, -0.05) is 5.16 Å². The van der Waals surface area contributed by atoms with Gasteiger partial charge in [-0.2, -0.15) is 0 Å². The molecule has 1 amide bonds. The number of amides is 1. The molecule has 140 valence electrons. The monoisotopic (exact) mass is 366 g/mol. The number of rotatable bonds is 5. The molecule has 0 radical (unpaired) electrons. The van der Waals surface area contributed by atoms with Gasteiger partial charge in [-0.25, -0.2) is 15.0 Å². The molecule has 0 N–H and O–H groups in total. The molecule has 0 aliphatic carbocycles. The van der Waals surface area contributed by atoms with Crippen LogP contribution in [-0.2, 0) is 11.3 Å². The van der Waals surface area contributed by atoms with Gasteiger partial charge in [0.1, 0.15) is 5.76 Å². The highest BCUT2D eigenvalue weighted by Crippen LogP contribution is 2.32. The molecule has 8 heteroatoms. The molecule has 1 unspecified atom stereocenters. The molecule has 3 aromatic heterocycles. The lowest BCUT2D eigenvalue weighted by Gasteiger charge is -2.24. The van der Waals surface area contributed by atoms with Crippen LogP contribution in [0.3, 0.4) is 0 Å². The first-order chi connectivity index (χ1) is 13.1. The predicted molar refractivity (Wildman–Crippen MR) is 97.5 cm³/mol. The summed E-state index contributed by atoms with van der Waals surface area (Å²) in [5.74, 6) is 1.44. The van der Waals surface area contributed by atoms with E-state index in [1.54, 1.807) is 18.7 Å². The molecule has 1 atom stereocenters. The topological polar surface area (TPSA) is 89.9 Å². The van der Waals surface area contributed by atoms with Crippen LogP contribution in [0.4, 0.5) is 0 Å². The molecule has 0 bridgehead atoms. The second-order valence-electron chi connectivity index (χ2n) is 6.80. The molecule has 4 rings (SSSR count). The predicted octanol–water partition coefficient (Wildman–Crippen LogP) is 2.70. The maximum absolute atomic E-state index is 12.8. The van der Waals surface area contributed by atoms with Gasteiger partial charge in [0.15, 0.2) is 5.82 Å². The van der Waals surface area contributed by atoms with Gasteiger partial charge in [0, 0.05) is 38.1 Å². The lowest BCUT2D eigenvalue weighted by molar-refractivity contribution is -0.132. The summed E-state index contributed by atoms with van der Waals surface area (Å²) in [6.45, 7) is 5.13. The average Bonchev–Trinajstić information content (AvgIpc) is 3.41. The SMILES string of the molecule is Cc1noc(C)c1-c1nccc(C2CCCN2C(=O)CCn2ccnc2)n1. The Morgan fingerprint density at radius 2 is 2.22 bits per heavy atom. The van der Waals surface area contributed by atoms with Crippen LogP contribution in [0.2, 0.25) is 0 Å². The first-order valence-corrected chi connectivity index (χ1v) is 9.15. The molecule has 3 aromatic rings. The highest BCUT2D eigenvalue weighted by atomic mass is 16.5. The maximum atomic E-state index is 12.8. The van der Waals surface area contributed by atoms with E-state index in [1.165, 1.54) is 0 Å². The Bertz CT molecular complexity index is 914. The van der Waals surface area contributed by atoms with Crippen LogP contribution < -0.4 is 0 Å². The van der Waals surface area contributed by atoms with Crippen molar-refractivity contribution < 1.29 is 9.32 Å². The number of carbonyl (C=O) groups is 1. The number of likely N-dealkylation sites (tertiary alicyclic amines) is 1. The van der Waals surface area contributed by atoms with Crippen LogP contribution in [0.25, 0.3) is 11.4 Å². The van der Waals surface area contributed by atoms with Gasteiger partial charge in [-0.15, -0.1) is 0 Å². The van der Waals surface area contributed by atoms with Gasteiger partial charge >= 0.3 is 0 Å². The first-order valence-electron chi connectivity index (χ1n) is 9.15. The van der Waals surface area contributed by atoms with Crippen molar-refractivity contribution >= 4 is 5.91 Å². The highest BCUT2D eigenvalue weighted by molar-refractivity contribution is 5.77. The van der Waals surface area contributed by atoms with Gasteiger partial charge in [-0.3, -0.25) is 4.79 Å². The summed E-state index contributed by atoms with van der Waals surface area (Å²) in [5, 5.41) is 3.98. The van der Waals surface area contributed by atoms with Gasteiger partial charge < -0.3 is 14.0 Å². The third kappa shape index (κ3) is 3.47. The van der Waals surface area contributed by atoms with Crippen LogP contribution in [0, 0.1) is 13.8 Å². The third-order valence-corrected chi connectivity index (χ3v) is 4.99. The summed E-state index contributed by atoms with van der Waals surface area (Å²) >= 11 is 0. The van der Waals surface area contributed by atoms with E-state index in [4.69, 9.17) is 9.51 Å². The minimum atomic E-state index is -0.0116. The van der Waals surface area contributed by atoms with E-state index in [9.17, 15) is 4.79 Å². The molecular weight excluding hydrogens is 344 g/mol. The Kier molecular flexibility index (Phi) is 4.70. The molecule has 0 aromatic carbocycles. The second-order valence-corrected chi connectivity index (χ2v) is 6.80. The molecular formula is C19H22N6O2. The fraction of sp³-hybridized carbons (Fsp3) is 0.421. The van der Waals surface area contributed by atoms with Crippen LogP contribution in [0.15, 0.2) is 35.5 Å². The summed E-state index contributed by atoms with van der Waals surface area (Å²) in [7, 11) is 0. The molecule has 8 nitrogen and oxygen atoms in total. The Hall–Kier alpha value is -3.03.